The fourth-order valence-corrected chi connectivity index (χ4v) is 4.90. The largest absolute Gasteiger partial charge is 0.482 e. The summed E-state index contributed by atoms with van der Waals surface area (Å²) in [7, 11) is 0. The van der Waals surface area contributed by atoms with Gasteiger partial charge in [0.15, 0.2) is 0 Å². The van der Waals surface area contributed by atoms with E-state index < -0.39 is 0 Å². The molecule has 0 spiro atoms. The standard InChI is InChI=1S/C28H30O2/c1-5-19-7-11-23(12-8-19)27(3)17-21-15-26-22(16-25(21)29-27)18-28(4,30-26)24-13-9-20(6-2)10-14-24/h7-16H,5-6,17-18H2,1-4H3/t27-,28-/m0/s1. The van der Waals surface area contributed by atoms with Crippen LogP contribution in [0.3, 0.4) is 0 Å². The molecule has 0 saturated heterocycles. The molecule has 0 radical (unpaired) electrons. The zero-order valence-corrected chi connectivity index (χ0v) is 18.4. The van der Waals surface area contributed by atoms with Gasteiger partial charge >= 0.3 is 0 Å². The molecule has 0 aliphatic carbocycles. The molecule has 154 valence electrons. The molecule has 2 aliphatic rings. The van der Waals surface area contributed by atoms with Crippen molar-refractivity contribution in [3.8, 4) is 11.5 Å². The summed E-state index contributed by atoms with van der Waals surface area (Å²) in [4.78, 5) is 0. The van der Waals surface area contributed by atoms with Crippen molar-refractivity contribution < 1.29 is 9.47 Å². The van der Waals surface area contributed by atoms with Gasteiger partial charge in [0.05, 0.1) is 0 Å². The lowest BCUT2D eigenvalue weighted by Gasteiger charge is -2.25. The van der Waals surface area contributed by atoms with E-state index in [4.69, 9.17) is 9.47 Å². The van der Waals surface area contributed by atoms with Crippen molar-refractivity contribution in [2.24, 2.45) is 0 Å². The zero-order valence-electron chi connectivity index (χ0n) is 18.4. The second-order valence-electron chi connectivity index (χ2n) is 9.19. The van der Waals surface area contributed by atoms with Crippen molar-refractivity contribution in [1.82, 2.24) is 0 Å². The Balaban J connectivity index is 1.40. The lowest BCUT2D eigenvalue weighted by atomic mass is 9.89. The van der Waals surface area contributed by atoms with E-state index >= 15 is 0 Å². The van der Waals surface area contributed by atoms with Crippen LogP contribution in [0.15, 0.2) is 60.7 Å². The van der Waals surface area contributed by atoms with Crippen molar-refractivity contribution in [3.05, 3.63) is 94.0 Å². The fourth-order valence-electron chi connectivity index (χ4n) is 4.90. The van der Waals surface area contributed by atoms with Crippen LogP contribution in [-0.4, -0.2) is 0 Å². The summed E-state index contributed by atoms with van der Waals surface area (Å²) in [5, 5.41) is 0. The molecule has 0 aromatic heterocycles. The SMILES string of the molecule is CCc1ccc([C@]2(C)Cc3cc4c(cc3O2)C[C@@](C)(c2ccc(CC)cc2)O4)cc1. The summed E-state index contributed by atoms with van der Waals surface area (Å²) < 4.78 is 13.1. The number of hydrogen-bond donors (Lipinski definition) is 0. The first-order valence-electron chi connectivity index (χ1n) is 11.1. The second kappa shape index (κ2) is 6.91. The summed E-state index contributed by atoms with van der Waals surface area (Å²) >= 11 is 0. The summed E-state index contributed by atoms with van der Waals surface area (Å²) in [6.45, 7) is 8.76. The maximum Gasteiger partial charge on any atom is 0.135 e. The Kier molecular flexibility index (Phi) is 4.43. The van der Waals surface area contributed by atoms with Gasteiger partial charge in [-0.1, -0.05) is 62.4 Å². The monoisotopic (exact) mass is 398 g/mol. The molecule has 5 rings (SSSR count). The molecule has 2 heteroatoms. The molecule has 0 saturated carbocycles. The quantitative estimate of drug-likeness (QED) is 0.498. The minimum atomic E-state index is -0.316. The van der Waals surface area contributed by atoms with E-state index in [9.17, 15) is 0 Å². The summed E-state index contributed by atoms with van der Waals surface area (Å²) in [5.41, 5.74) is 7.03. The van der Waals surface area contributed by atoms with Gasteiger partial charge in [0.2, 0.25) is 0 Å². The first-order valence-corrected chi connectivity index (χ1v) is 11.1. The van der Waals surface area contributed by atoms with E-state index in [1.807, 2.05) is 0 Å². The highest BCUT2D eigenvalue weighted by atomic mass is 16.5. The van der Waals surface area contributed by atoms with E-state index in [0.29, 0.717) is 0 Å². The van der Waals surface area contributed by atoms with Gasteiger partial charge in [0.1, 0.15) is 22.7 Å². The van der Waals surface area contributed by atoms with Crippen LogP contribution in [0.25, 0.3) is 0 Å². The Morgan fingerprint density at radius 3 is 1.33 bits per heavy atom. The molecule has 2 atom stereocenters. The van der Waals surface area contributed by atoms with Crippen LogP contribution < -0.4 is 9.47 Å². The molecule has 2 nitrogen and oxygen atoms in total. The van der Waals surface area contributed by atoms with Gasteiger partial charge < -0.3 is 9.47 Å². The average Bonchev–Trinajstić information content (AvgIpc) is 3.27. The van der Waals surface area contributed by atoms with Gasteiger partial charge in [-0.3, -0.25) is 0 Å². The Hall–Kier alpha value is -2.74. The van der Waals surface area contributed by atoms with Crippen LogP contribution in [-0.2, 0) is 36.9 Å². The predicted molar refractivity (Wildman–Crippen MR) is 121 cm³/mol. The van der Waals surface area contributed by atoms with Gasteiger partial charge in [-0.2, -0.15) is 0 Å². The molecular formula is C28H30O2. The van der Waals surface area contributed by atoms with Gasteiger partial charge in [0.25, 0.3) is 0 Å². The first-order chi connectivity index (χ1) is 14.4. The molecule has 2 aliphatic heterocycles. The van der Waals surface area contributed by atoms with Crippen LogP contribution in [0.1, 0.15) is 61.1 Å². The normalized spacial score (nSPS) is 24.1. The summed E-state index contributed by atoms with van der Waals surface area (Å²) in [5.74, 6) is 2.01. The molecule has 0 unspecified atom stereocenters. The highest BCUT2D eigenvalue weighted by Crippen LogP contribution is 2.48. The minimum absolute atomic E-state index is 0.316. The first kappa shape index (κ1) is 19.2. The lowest BCUT2D eigenvalue weighted by molar-refractivity contribution is 0.114. The van der Waals surface area contributed by atoms with Crippen LogP contribution in [0, 0.1) is 0 Å². The second-order valence-corrected chi connectivity index (χ2v) is 9.19. The summed E-state index contributed by atoms with van der Waals surface area (Å²) in [6, 6.07) is 22.1. The number of fused-ring (bicyclic) bond motifs is 2. The third kappa shape index (κ3) is 3.10. The molecule has 30 heavy (non-hydrogen) atoms. The van der Waals surface area contributed by atoms with E-state index in [1.54, 1.807) is 0 Å². The lowest BCUT2D eigenvalue weighted by Crippen LogP contribution is -2.27. The third-order valence-corrected chi connectivity index (χ3v) is 6.92. The Labute approximate surface area is 179 Å². The van der Waals surface area contributed by atoms with E-state index in [2.05, 4.69) is 88.4 Å². The van der Waals surface area contributed by atoms with Crippen molar-refractivity contribution in [2.75, 3.05) is 0 Å². The smallest absolute Gasteiger partial charge is 0.135 e. The van der Waals surface area contributed by atoms with Gasteiger partial charge in [-0.15, -0.1) is 0 Å². The van der Waals surface area contributed by atoms with Crippen molar-refractivity contribution >= 4 is 0 Å². The number of hydrogen-bond acceptors (Lipinski definition) is 2. The number of rotatable bonds is 4. The number of benzene rings is 3. The highest BCUT2D eigenvalue weighted by molar-refractivity contribution is 5.54. The van der Waals surface area contributed by atoms with Crippen LogP contribution in [0.4, 0.5) is 0 Å². The zero-order chi connectivity index (χ0) is 20.9. The van der Waals surface area contributed by atoms with Crippen LogP contribution in [0.5, 0.6) is 11.5 Å². The van der Waals surface area contributed by atoms with E-state index in [0.717, 1.165) is 37.2 Å². The van der Waals surface area contributed by atoms with Gasteiger partial charge in [-0.05, 0) is 61.1 Å². The Bertz CT molecular complexity index is 957. The van der Waals surface area contributed by atoms with E-state index in [1.165, 1.54) is 33.4 Å². The highest BCUT2D eigenvalue weighted by Gasteiger charge is 2.41. The fraction of sp³-hybridized carbons (Fsp3) is 0.357. The maximum absolute atomic E-state index is 6.53. The number of ether oxygens (including phenoxy) is 2. The molecule has 3 aromatic rings. The Morgan fingerprint density at radius 2 is 1.00 bits per heavy atom. The van der Waals surface area contributed by atoms with Crippen molar-refractivity contribution in [1.29, 1.82) is 0 Å². The molecular weight excluding hydrogens is 368 g/mol. The molecule has 0 N–H and O–H groups in total. The predicted octanol–water partition coefficient (Wildman–Crippen LogP) is 6.51. The minimum Gasteiger partial charge on any atom is -0.482 e. The van der Waals surface area contributed by atoms with E-state index in [-0.39, 0.29) is 11.2 Å². The third-order valence-electron chi connectivity index (χ3n) is 6.92. The molecule has 0 bridgehead atoms. The number of aryl methyl sites for hydroxylation is 2. The molecule has 2 heterocycles. The van der Waals surface area contributed by atoms with Crippen molar-refractivity contribution in [3.63, 3.8) is 0 Å². The van der Waals surface area contributed by atoms with Crippen LogP contribution in [0.2, 0.25) is 0 Å². The average molecular weight is 399 g/mol. The molecule has 0 amide bonds. The summed E-state index contributed by atoms with van der Waals surface area (Å²) in [6.07, 6.45) is 3.85. The van der Waals surface area contributed by atoms with Gasteiger partial charge in [0, 0.05) is 24.0 Å². The topological polar surface area (TPSA) is 18.5 Å². The van der Waals surface area contributed by atoms with Crippen molar-refractivity contribution in [2.45, 2.75) is 64.6 Å². The van der Waals surface area contributed by atoms with Crippen LogP contribution >= 0.6 is 0 Å². The molecule has 3 aromatic carbocycles. The van der Waals surface area contributed by atoms with Gasteiger partial charge in [-0.25, -0.2) is 0 Å². The maximum atomic E-state index is 6.53. The Morgan fingerprint density at radius 1 is 0.633 bits per heavy atom. The molecule has 0 fully saturated rings.